The molecule has 0 spiro atoms. The number of oxazole rings is 1. The van der Waals surface area contributed by atoms with Crippen LogP contribution in [0.5, 0.6) is 0 Å². The maximum Gasteiger partial charge on any atom is 0.236 e. The van der Waals surface area contributed by atoms with E-state index in [0.717, 1.165) is 27.1 Å². The Morgan fingerprint density at radius 1 is 1.23 bits per heavy atom. The molecule has 0 unspecified atom stereocenters. The molecule has 4 aromatic heterocycles. The summed E-state index contributed by atoms with van der Waals surface area (Å²) in [4.78, 5) is 9.62. The van der Waals surface area contributed by atoms with Crippen molar-refractivity contribution in [1.82, 2.24) is 24.7 Å². The van der Waals surface area contributed by atoms with Gasteiger partial charge < -0.3 is 4.42 Å². The Kier molecular flexibility index (Phi) is 4.94. The lowest BCUT2D eigenvalue weighted by Crippen LogP contribution is -2.00. The highest BCUT2D eigenvalue weighted by molar-refractivity contribution is 7.98. The van der Waals surface area contributed by atoms with Crippen LogP contribution in [0, 0.1) is 0 Å². The van der Waals surface area contributed by atoms with Crippen molar-refractivity contribution >= 4 is 23.1 Å². The van der Waals surface area contributed by atoms with E-state index < -0.39 is 0 Å². The van der Waals surface area contributed by atoms with E-state index in [1.807, 2.05) is 40.3 Å². The average Bonchev–Trinajstić information content (AvgIpc) is 3.42. The highest BCUT2D eigenvalue weighted by Crippen LogP contribution is 2.28. The predicted octanol–water partition coefficient (Wildman–Crippen LogP) is 4.53. The number of nitrogens with zero attached hydrogens (tertiary/aromatic N) is 5. The second-order valence-corrected chi connectivity index (χ2v) is 7.24. The molecule has 8 heteroatoms. The fourth-order valence-electron chi connectivity index (χ4n) is 2.43. The Hall–Kier alpha value is -2.71. The molecule has 26 heavy (non-hydrogen) atoms. The first kappa shape index (κ1) is 16.7. The molecule has 130 valence electrons. The first-order valence-corrected chi connectivity index (χ1v) is 9.77. The van der Waals surface area contributed by atoms with Gasteiger partial charge in [0.15, 0.2) is 11.0 Å². The highest BCUT2D eigenvalue weighted by atomic mass is 32.2. The lowest BCUT2D eigenvalue weighted by molar-refractivity contribution is 0.575. The molecule has 0 aliphatic carbocycles. The zero-order chi connectivity index (χ0) is 17.8. The summed E-state index contributed by atoms with van der Waals surface area (Å²) in [5.74, 6) is 2.11. The van der Waals surface area contributed by atoms with Crippen LogP contribution in [-0.4, -0.2) is 24.7 Å². The van der Waals surface area contributed by atoms with Crippen LogP contribution in [0.4, 0.5) is 0 Å². The molecule has 0 aliphatic heterocycles. The number of thioether (sulfide) groups is 1. The van der Waals surface area contributed by atoms with Crippen molar-refractivity contribution in [1.29, 1.82) is 0 Å². The van der Waals surface area contributed by atoms with Gasteiger partial charge >= 0.3 is 0 Å². The summed E-state index contributed by atoms with van der Waals surface area (Å²) < 4.78 is 7.60. The summed E-state index contributed by atoms with van der Waals surface area (Å²) in [5, 5.41) is 11.5. The van der Waals surface area contributed by atoms with Gasteiger partial charge in [-0.05, 0) is 23.6 Å². The first-order chi connectivity index (χ1) is 12.8. The number of hydrogen-bond acceptors (Lipinski definition) is 7. The van der Waals surface area contributed by atoms with Crippen molar-refractivity contribution in [2.24, 2.45) is 0 Å². The number of hydrogen-bond donors (Lipinski definition) is 0. The van der Waals surface area contributed by atoms with Gasteiger partial charge in [0.05, 0.1) is 10.6 Å². The van der Waals surface area contributed by atoms with E-state index in [1.165, 1.54) is 0 Å². The Morgan fingerprint density at radius 3 is 2.88 bits per heavy atom. The molecule has 4 rings (SSSR count). The van der Waals surface area contributed by atoms with Gasteiger partial charge in [-0.25, -0.2) is 4.98 Å². The van der Waals surface area contributed by atoms with E-state index >= 15 is 0 Å². The van der Waals surface area contributed by atoms with Gasteiger partial charge in [0.2, 0.25) is 5.89 Å². The van der Waals surface area contributed by atoms with Crippen LogP contribution in [0.2, 0.25) is 0 Å². The van der Waals surface area contributed by atoms with Gasteiger partial charge in [0.25, 0.3) is 0 Å². The molecule has 0 amide bonds. The fourth-order valence-corrected chi connectivity index (χ4v) is 3.91. The van der Waals surface area contributed by atoms with E-state index in [-0.39, 0.29) is 0 Å². The fraction of sp³-hybridized carbons (Fsp3) is 0.111. The Balaban J connectivity index is 1.53. The maximum absolute atomic E-state index is 5.57. The molecule has 0 saturated heterocycles. The minimum Gasteiger partial charge on any atom is -0.444 e. The average molecular weight is 381 g/mol. The van der Waals surface area contributed by atoms with Crippen LogP contribution in [0.25, 0.3) is 22.2 Å². The second-order valence-electron chi connectivity index (χ2n) is 5.35. The predicted molar refractivity (Wildman–Crippen MR) is 103 cm³/mol. The summed E-state index contributed by atoms with van der Waals surface area (Å²) in [6, 6.07) is 7.82. The van der Waals surface area contributed by atoms with Crippen molar-refractivity contribution in [2.75, 3.05) is 0 Å². The van der Waals surface area contributed by atoms with E-state index in [0.29, 0.717) is 18.2 Å². The van der Waals surface area contributed by atoms with E-state index in [2.05, 4.69) is 26.7 Å². The number of aromatic nitrogens is 5. The zero-order valence-electron chi connectivity index (χ0n) is 13.8. The van der Waals surface area contributed by atoms with Gasteiger partial charge in [-0.3, -0.25) is 9.55 Å². The lowest BCUT2D eigenvalue weighted by Gasteiger charge is -2.06. The maximum atomic E-state index is 5.57. The molecule has 0 bridgehead atoms. The van der Waals surface area contributed by atoms with Crippen molar-refractivity contribution < 1.29 is 4.42 Å². The van der Waals surface area contributed by atoms with Gasteiger partial charge in [0, 0.05) is 30.3 Å². The third-order valence-electron chi connectivity index (χ3n) is 3.60. The smallest absolute Gasteiger partial charge is 0.236 e. The molecule has 4 aromatic rings. The van der Waals surface area contributed by atoms with Crippen LogP contribution in [0.15, 0.2) is 70.5 Å². The molecule has 6 nitrogen and oxygen atoms in total. The largest absolute Gasteiger partial charge is 0.444 e. The third kappa shape index (κ3) is 3.47. The highest BCUT2D eigenvalue weighted by Gasteiger charge is 2.15. The number of thiophene rings is 1. The SMILES string of the molecule is C=CCn1c(SCc2coc(-c3cccs3)n2)nnc1-c1ccncc1. The van der Waals surface area contributed by atoms with Crippen LogP contribution < -0.4 is 0 Å². The van der Waals surface area contributed by atoms with Gasteiger partial charge in [-0.2, -0.15) is 0 Å². The topological polar surface area (TPSA) is 69.6 Å². The van der Waals surface area contributed by atoms with Gasteiger partial charge in [0.1, 0.15) is 6.26 Å². The molecule has 0 aliphatic rings. The van der Waals surface area contributed by atoms with Crippen LogP contribution in [-0.2, 0) is 12.3 Å². The summed E-state index contributed by atoms with van der Waals surface area (Å²) in [6.45, 7) is 4.47. The molecule has 0 aromatic carbocycles. The van der Waals surface area contributed by atoms with E-state index in [1.54, 1.807) is 41.8 Å². The monoisotopic (exact) mass is 381 g/mol. The van der Waals surface area contributed by atoms with Crippen molar-refractivity contribution in [3.05, 3.63) is 66.7 Å². The number of allylic oxidation sites excluding steroid dienone is 1. The normalized spacial score (nSPS) is 10.9. The molecular formula is C18H15N5OS2. The van der Waals surface area contributed by atoms with Crippen molar-refractivity contribution in [2.45, 2.75) is 17.5 Å². The van der Waals surface area contributed by atoms with Crippen LogP contribution >= 0.6 is 23.1 Å². The minimum atomic E-state index is 0.631. The Morgan fingerprint density at radius 2 is 2.12 bits per heavy atom. The summed E-state index contributed by atoms with van der Waals surface area (Å²) in [7, 11) is 0. The van der Waals surface area contributed by atoms with Crippen molar-refractivity contribution in [3.8, 4) is 22.2 Å². The Bertz CT molecular complexity index is 992. The molecule has 0 fully saturated rings. The van der Waals surface area contributed by atoms with Gasteiger partial charge in [-0.15, -0.1) is 28.1 Å². The molecular weight excluding hydrogens is 366 g/mol. The van der Waals surface area contributed by atoms with E-state index in [4.69, 9.17) is 4.42 Å². The van der Waals surface area contributed by atoms with Crippen LogP contribution in [0.3, 0.4) is 0 Å². The molecule has 4 heterocycles. The number of pyridine rings is 1. The molecule has 0 atom stereocenters. The zero-order valence-corrected chi connectivity index (χ0v) is 15.4. The quantitative estimate of drug-likeness (QED) is 0.346. The summed E-state index contributed by atoms with van der Waals surface area (Å²) in [5.41, 5.74) is 1.85. The van der Waals surface area contributed by atoms with E-state index in [9.17, 15) is 0 Å². The first-order valence-electron chi connectivity index (χ1n) is 7.90. The molecule has 0 N–H and O–H groups in total. The minimum absolute atomic E-state index is 0.631. The number of rotatable bonds is 7. The molecule has 0 saturated carbocycles. The van der Waals surface area contributed by atoms with Gasteiger partial charge in [-0.1, -0.05) is 23.9 Å². The van der Waals surface area contributed by atoms with Crippen molar-refractivity contribution in [3.63, 3.8) is 0 Å². The lowest BCUT2D eigenvalue weighted by atomic mass is 10.2. The molecule has 0 radical (unpaired) electrons. The van der Waals surface area contributed by atoms with Crippen LogP contribution in [0.1, 0.15) is 5.69 Å². The summed E-state index contributed by atoms with van der Waals surface area (Å²) >= 11 is 3.18. The second kappa shape index (κ2) is 7.67. The summed E-state index contributed by atoms with van der Waals surface area (Å²) in [6.07, 6.45) is 7.02. The third-order valence-corrected chi connectivity index (χ3v) is 5.46. The Labute approximate surface area is 158 Å². The standard InChI is InChI=1S/C18H15N5OS2/c1-2-9-23-16(13-5-7-19-8-6-13)21-22-18(23)26-12-14-11-24-17(20-14)15-4-3-10-25-15/h2-8,10-11H,1,9,12H2.